The maximum absolute atomic E-state index is 12.7. The first-order valence-corrected chi connectivity index (χ1v) is 9.03. The second-order valence-electron chi connectivity index (χ2n) is 7.21. The van der Waals surface area contributed by atoms with E-state index in [2.05, 4.69) is 21.2 Å². The Labute approximate surface area is 151 Å². The molecule has 0 spiro atoms. The Balaban J connectivity index is 1.24. The minimum absolute atomic E-state index is 0.0824. The van der Waals surface area contributed by atoms with Crippen molar-refractivity contribution in [3.8, 4) is 0 Å². The van der Waals surface area contributed by atoms with Gasteiger partial charge in [-0.15, -0.1) is 5.10 Å². The number of hydrogen-bond acceptors (Lipinski definition) is 5. The van der Waals surface area contributed by atoms with Gasteiger partial charge < -0.3 is 14.2 Å². The lowest BCUT2D eigenvalue weighted by atomic mass is 10.1. The van der Waals surface area contributed by atoms with Gasteiger partial charge in [-0.3, -0.25) is 4.79 Å². The largest absolute Gasteiger partial charge is 0.451 e. The molecule has 6 heteroatoms. The van der Waals surface area contributed by atoms with Gasteiger partial charge in [-0.25, -0.2) is 0 Å². The fourth-order valence-electron chi connectivity index (χ4n) is 3.42. The van der Waals surface area contributed by atoms with Crippen LogP contribution in [0.1, 0.15) is 35.0 Å². The molecule has 2 fully saturated rings. The van der Waals surface area contributed by atoms with E-state index >= 15 is 0 Å². The van der Waals surface area contributed by atoms with Crippen LogP contribution in [0.25, 0.3) is 11.0 Å². The number of anilines is 1. The van der Waals surface area contributed by atoms with Crippen molar-refractivity contribution in [3.05, 3.63) is 53.9 Å². The summed E-state index contributed by atoms with van der Waals surface area (Å²) in [5.41, 5.74) is 1.84. The average Bonchev–Trinajstić information content (AvgIpc) is 3.38. The number of carbonyl (C=O) groups excluding carboxylic acids is 1. The zero-order valence-corrected chi connectivity index (χ0v) is 14.6. The van der Waals surface area contributed by atoms with Gasteiger partial charge in [-0.2, -0.15) is 5.10 Å². The number of benzene rings is 1. The molecule has 0 bridgehead atoms. The molecule has 2 aromatic heterocycles. The molecule has 3 aromatic rings. The van der Waals surface area contributed by atoms with E-state index in [4.69, 9.17) is 4.42 Å². The van der Waals surface area contributed by atoms with Crippen molar-refractivity contribution in [1.29, 1.82) is 0 Å². The van der Waals surface area contributed by atoms with Gasteiger partial charge in [0.05, 0.1) is 11.7 Å². The summed E-state index contributed by atoms with van der Waals surface area (Å²) < 4.78 is 5.70. The number of nitrogens with zero attached hydrogens (tertiary/aromatic N) is 4. The Bertz CT molecular complexity index is 922. The lowest BCUT2D eigenvalue weighted by molar-refractivity contribution is 0.0675. The normalized spacial score (nSPS) is 17.3. The number of hydrogen-bond donors (Lipinski definition) is 0. The molecule has 0 unspecified atom stereocenters. The van der Waals surface area contributed by atoms with Crippen LogP contribution < -0.4 is 4.90 Å². The Morgan fingerprint density at radius 1 is 1.15 bits per heavy atom. The molecule has 0 radical (unpaired) electrons. The van der Waals surface area contributed by atoms with Crippen LogP contribution in [0.5, 0.6) is 0 Å². The third-order valence-corrected chi connectivity index (χ3v) is 5.36. The highest BCUT2D eigenvalue weighted by Gasteiger charge is 2.35. The molecule has 1 aliphatic carbocycles. The van der Waals surface area contributed by atoms with Crippen LogP contribution in [0, 0.1) is 0 Å². The fourth-order valence-corrected chi connectivity index (χ4v) is 3.42. The topological polar surface area (TPSA) is 62.5 Å². The van der Waals surface area contributed by atoms with Gasteiger partial charge in [0.15, 0.2) is 11.6 Å². The SMILES string of the molecule is CN(C(=O)c1cc2ccccc2o1)C1CN(c2ccc(C3CC3)nn2)C1. The molecule has 1 aliphatic heterocycles. The Kier molecular flexibility index (Phi) is 3.45. The molecule has 1 aromatic carbocycles. The second kappa shape index (κ2) is 5.83. The summed E-state index contributed by atoms with van der Waals surface area (Å²) in [7, 11) is 1.83. The Morgan fingerprint density at radius 3 is 2.65 bits per heavy atom. The van der Waals surface area contributed by atoms with Gasteiger partial charge >= 0.3 is 0 Å². The van der Waals surface area contributed by atoms with E-state index in [0.717, 1.165) is 35.6 Å². The van der Waals surface area contributed by atoms with E-state index in [-0.39, 0.29) is 11.9 Å². The second-order valence-corrected chi connectivity index (χ2v) is 7.21. The van der Waals surface area contributed by atoms with Crippen molar-refractivity contribution in [1.82, 2.24) is 15.1 Å². The van der Waals surface area contributed by atoms with Crippen molar-refractivity contribution < 1.29 is 9.21 Å². The van der Waals surface area contributed by atoms with Crippen molar-refractivity contribution in [2.24, 2.45) is 0 Å². The highest BCUT2D eigenvalue weighted by atomic mass is 16.3. The van der Waals surface area contributed by atoms with Crippen LogP contribution >= 0.6 is 0 Å². The fraction of sp³-hybridized carbons (Fsp3) is 0.350. The van der Waals surface area contributed by atoms with Gasteiger partial charge in [0.2, 0.25) is 0 Å². The monoisotopic (exact) mass is 348 g/mol. The number of furan rings is 1. The summed E-state index contributed by atoms with van der Waals surface area (Å²) in [6, 6.07) is 13.8. The van der Waals surface area contributed by atoms with Crippen LogP contribution in [-0.2, 0) is 0 Å². The average molecular weight is 348 g/mol. The smallest absolute Gasteiger partial charge is 0.289 e. The predicted octanol–water partition coefficient (Wildman–Crippen LogP) is 3.06. The molecule has 0 atom stereocenters. The third-order valence-electron chi connectivity index (χ3n) is 5.36. The van der Waals surface area contributed by atoms with E-state index in [1.165, 1.54) is 12.8 Å². The predicted molar refractivity (Wildman–Crippen MR) is 98.3 cm³/mol. The molecule has 26 heavy (non-hydrogen) atoms. The molecular formula is C20H20N4O2. The number of likely N-dealkylation sites (N-methyl/N-ethyl adjacent to an activating group) is 1. The lowest BCUT2D eigenvalue weighted by Gasteiger charge is -2.44. The quantitative estimate of drug-likeness (QED) is 0.725. The first-order valence-electron chi connectivity index (χ1n) is 9.03. The number of para-hydroxylation sites is 1. The molecule has 6 nitrogen and oxygen atoms in total. The highest BCUT2D eigenvalue weighted by Crippen LogP contribution is 2.39. The van der Waals surface area contributed by atoms with E-state index < -0.39 is 0 Å². The van der Waals surface area contributed by atoms with Gasteiger partial charge in [0.25, 0.3) is 5.91 Å². The van der Waals surface area contributed by atoms with Crippen molar-refractivity contribution >= 4 is 22.7 Å². The first-order chi connectivity index (χ1) is 12.7. The van der Waals surface area contributed by atoms with Crippen LogP contribution in [-0.4, -0.2) is 47.2 Å². The van der Waals surface area contributed by atoms with Crippen molar-refractivity contribution in [2.45, 2.75) is 24.8 Å². The van der Waals surface area contributed by atoms with E-state index in [1.807, 2.05) is 43.4 Å². The van der Waals surface area contributed by atoms with E-state index in [9.17, 15) is 4.79 Å². The maximum atomic E-state index is 12.7. The van der Waals surface area contributed by atoms with Crippen LogP contribution in [0.3, 0.4) is 0 Å². The van der Waals surface area contributed by atoms with Crippen LogP contribution in [0.4, 0.5) is 5.82 Å². The third kappa shape index (κ3) is 2.62. The zero-order valence-electron chi connectivity index (χ0n) is 14.6. The minimum Gasteiger partial charge on any atom is -0.451 e. The van der Waals surface area contributed by atoms with Crippen LogP contribution in [0.2, 0.25) is 0 Å². The number of amides is 1. The summed E-state index contributed by atoms with van der Waals surface area (Å²) in [6.45, 7) is 1.53. The summed E-state index contributed by atoms with van der Waals surface area (Å²) in [6.07, 6.45) is 2.46. The lowest BCUT2D eigenvalue weighted by Crippen LogP contribution is -2.60. The molecule has 132 valence electrons. The summed E-state index contributed by atoms with van der Waals surface area (Å²) in [5, 5.41) is 9.62. The van der Waals surface area contributed by atoms with Gasteiger partial charge in [0.1, 0.15) is 5.58 Å². The molecule has 5 rings (SSSR count). The standard InChI is InChI=1S/C20H20N4O2/c1-23(20(25)18-10-14-4-2-3-5-17(14)26-18)15-11-24(12-15)19-9-8-16(21-22-19)13-6-7-13/h2-5,8-10,13,15H,6-7,11-12H2,1H3. The summed E-state index contributed by atoms with van der Waals surface area (Å²) in [5.74, 6) is 1.81. The van der Waals surface area contributed by atoms with E-state index in [1.54, 1.807) is 4.90 Å². The molecule has 2 aliphatic rings. The first kappa shape index (κ1) is 15.4. The molecule has 3 heterocycles. The van der Waals surface area contributed by atoms with Gasteiger partial charge in [-0.1, -0.05) is 18.2 Å². The van der Waals surface area contributed by atoms with Crippen LogP contribution in [0.15, 0.2) is 46.9 Å². The van der Waals surface area contributed by atoms with E-state index in [0.29, 0.717) is 11.7 Å². The number of fused-ring (bicyclic) bond motifs is 1. The zero-order chi connectivity index (χ0) is 17.7. The van der Waals surface area contributed by atoms with Gasteiger partial charge in [0, 0.05) is 31.4 Å². The Hall–Kier alpha value is -2.89. The number of carbonyl (C=O) groups is 1. The molecule has 1 saturated heterocycles. The molecule has 1 amide bonds. The molecular weight excluding hydrogens is 328 g/mol. The van der Waals surface area contributed by atoms with Gasteiger partial charge in [-0.05, 0) is 37.1 Å². The summed E-state index contributed by atoms with van der Waals surface area (Å²) >= 11 is 0. The number of aromatic nitrogens is 2. The molecule has 0 N–H and O–H groups in total. The summed E-state index contributed by atoms with van der Waals surface area (Å²) in [4.78, 5) is 16.6. The highest BCUT2D eigenvalue weighted by molar-refractivity contribution is 5.96. The number of rotatable bonds is 4. The Morgan fingerprint density at radius 2 is 1.96 bits per heavy atom. The minimum atomic E-state index is -0.0824. The molecule has 1 saturated carbocycles. The van der Waals surface area contributed by atoms with Crippen molar-refractivity contribution in [2.75, 3.05) is 25.0 Å². The van der Waals surface area contributed by atoms with Crippen molar-refractivity contribution in [3.63, 3.8) is 0 Å². The maximum Gasteiger partial charge on any atom is 0.289 e.